The molecule has 2 aromatic heterocycles. The molecule has 3 rings (SSSR count). The molecule has 2 unspecified atom stereocenters. The largest absolute Gasteiger partial charge is 0.396 e. The van der Waals surface area contributed by atoms with Gasteiger partial charge in [0.15, 0.2) is 5.82 Å². The van der Waals surface area contributed by atoms with E-state index in [-0.39, 0.29) is 24.5 Å². The van der Waals surface area contributed by atoms with Crippen molar-refractivity contribution in [1.29, 1.82) is 0 Å². The number of hydrogen-bond donors (Lipinski definition) is 2. The van der Waals surface area contributed by atoms with Crippen molar-refractivity contribution in [3.63, 3.8) is 0 Å². The van der Waals surface area contributed by atoms with Crippen molar-refractivity contribution < 1.29 is 9.90 Å². The molecule has 1 aliphatic carbocycles. The fourth-order valence-corrected chi connectivity index (χ4v) is 2.94. The third-order valence-electron chi connectivity index (χ3n) is 4.17. The molecule has 0 saturated heterocycles. The third kappa shape index (κ3) is 3.17. The zero-order chi connectivity index (χ0) is 15.4. The molecule has 22 heavy (non-hydrogen) atoms. The highest BCUT2D eigenvalue weighted by Gasteiger charge is 2.26. The number of nitrogens with one attached hydrogen (secondary N) is 1. The second kappa shape index (κ2) is 6.70. The van der Waals surface area contributed by atoms with E-state index in [1.165, 1.54) is 0 Å². The molecule has 2 aromatic rings. The van der Waals surface area contributed by atoms with E-state index in [0.29, 0.717) is 11.5 Å². The highest BCUT2D eigenvalue weighted by atomic mass is 16.3. The van der Waals surface area contributed by atoms with E-state index in [1.54, 1.807) is 35.3 Å². The molecule has 116 valence electrons. The number of pyridine rings is 1. The van der Waals surface area contributed by atoms with Crippen molar-refractivity contribution in [2.45, 2.75) is 31.7 Å². The van der Waals surface area contributed by atoms with E-state index in [0.717, 1.165) is 25.7 Å². The summed E-state index contributed by atoms with van der Waals surface area (Å²) in [6.45, 7) is 0.117. The Hall–Kier alpha value is -2.21. The van der Waals surface area contributed by atoms with Gasteiger partial charge in [0, 0.05) is 31.0 Å². The zero-order valence-corrected chi connectivity index (χ0v) is 12.4. The fraction of sp³-hybridized carbons (Fsp3) is 0.438. The molecule has 2 N–H and O–H groups in total. The first-order chi connectivity index (χ1) is 10.8. The standard InChI is InChI=1S/C16H20N4O2/c21-11-12-5-1-2-6-13(12)19-16(22)14-7-3-8-15(18-14)20-10-4-9-17-20/h3-4,7-10,12-13,21H,1-2,5-6,11H2,(H,19,22). The van der Waals surface area contributed by atoms with Gasteiger partial charge in [0.2, 0.25) is 0 Å². The van der Waals surface area contributed by atoms with E-state index in [1.807, 2.05) is 6.07 Å². The number of nitrogens with zero attached hydrogens (tertiary/aromatic N) is 3. The minimum Gasteiger partial charge on any atom is -0.396 e. The number of amides is 1. The topological polar surface area (TPSA) is 80.0 Å². The number of carbonyl (C=O) groups is 1. The van der Waals surface area contributed by atoms with Crippen LogP contribution in [-0.4, -0.2) is 38.4 Å². The van der Waals surface area contributed by atoms with Gasteiger partial charge < -0.3 is 10.4 Å². The lowest BCUT2D eigenvalue weighted by Gasteiger charge is -2.30. The SMILES string of the molecule is O=C(NC1CCCCC1CO)c1cccc(-n2cccn2)n1. The Balaban J connectivity index is 1.73. The smallest absolute Gasteiger partial charge is 0.270 e. The van der Waals surface area contributed by atoms with Crippen LogP contribution in [0.2, 0.25) is 0 Å². The summed E-state index contributed by atoms with van der Waals surface area (Å²) < 4.78 is 1.62. The van der Waals surface area contributed by atoms with Crippen molar-refractivity contribution in [3.05, 3.63) is 42.4 Å². The monoisotopic (exact) mass is 300 g/mol. The van der Waals surface area contributed by atoms with E-state index >= 15 is 0 Å². The van der Waals surface area contributed by atoms with Gasteiger partial charge in [-0.1, -0.05) is 18.9 Å². The maximum atomic E-state index is 12.4. The molecule has 1 amide bonds. The lowest BCUT2D eigenvalue weighted by Crippen LogP contribution is -2.43. The lowest BCUT2D eigenvalue weighted by molar-refractivity contribution is 0.0867. The molecule has 0 bridgehead atoms. The summed E-state index contributed by atoms with van der Waals surface area (Å²) in [5.41, 5.74) is 0.371. The number of aromatic nitrogens is 3. The molecule has 6 heteroatoms. The van der Waals surface area contributed by atoms with Gasteiger partial charge in [0.25, 0.3) is 5.91 Å². The Morgan fingerprint density at radius 3 is 2.95 bits per heavy atom. The molecule has 0 aliphatic heterocycles. The van der Waals surface area contributed by atoms with Crippen LogP contribution in [0.5, 0.6) is 0 Å². The number of rotatable bonds is 4. The minimum absolute atomic E-state index is 0.0291. The minimum atomic E-state index is -0.195. The normalized spacial score (nSPS) is 21.5. The summed E-state index contributed by atoms with van der Waals surface area (Å²) in [5.74, 6) is 0.561. The molecule has 0 aromatic carbocycles. The Kier molecular flexibility index (Phi) is 4.48. The Bertz CT molecular complexity index is 627. The molecule has 1 saturated carbocycles. The summed E-state index contributed by atoms with van der Waals surface area (Å²) in [6.07, 6.45) is 7.53. The van der Waals surface area contributed by atoms with Crippen molar-refractivity contribution in [2.24, 2.45) is 5.92 Å². The first kappa shape index (κ1) is 14.7. The number of aliphatic hydroxyl groups excluding tert-OH is 1. The van der Waals surface area contributed by atoms with Crippen LogP contribution in [0.25, 0.3) is 5.82 Å². The lowest BCUT2D eigenvalue weighted by atomic mass is 9.85. The van der Waals surface area contributed by atoms with Gasteiger partial charge in [-0.3, -0.25) is 4.79 Å². The Morgan fingerprint density at radius 2 is 2.18 bits per heavy atom. The summed E-state index contributed by atoms with van der Waals surface area (Å²) in [7, 11) is 0. The Labute approximate surface area is 129 Å². The van der Waals surface area contributed by atoms with Crippen LogP contribution in [0.4, 0.5) is 0 Å². The molecule has 1 aliphatic rings. The first-order valence-corrected chi connectivity index (χ1v) is 7.67. The van der Waals surface area contributed by atoms with Crippen LogP contribution in [0, 0.1) is 5.92 Å². The van der Waals surface area contributed by atoms with E-state index < -0.39 is 0 Å². The molecular formula is C16H20N4O2. The van der Waals surface area contributed by atoms with Gasteiger partial charge in [0.05, 0.1) is 0 Å². The summed E-state index contributed by atoms with van der Waals surface area (Å²) in [4.78, 5) is 16.8. The maximum absolute atomic E-state index is 12.4. The van der Waals surface area contributed by atoms with E-state index in [2.05, 4.69) is 15.4 Å². The van der Waals surface area contributed by atoms with Crippen LogP contribution in [0.15, 0.2) is 36.7 Å². The molecule has 2 atom stereocenters. The second-order valence-corrected chi connectivity index (χ2v) is 5.64. The molecule has 0 spiro atoms. The summed E-state index contributed by atoms with van der Waals surface area (Å²) in [5, 5.41) is 16.6. The highest BCUT2D eigenvalue weighted by molar-refractivity contribution is 5.92. The van der Waals surface area contributed by atoms with Gasteiger partial charge in [0.1, 0.15) is 5.69 Å². The number of aliphatic hydroxyl groups is 1. The van der Waals surface area contributed by atoms with Crippen molar-refractivity contribution in [3.8, 4) is 5.82 Å². The quantitative estimate of drug-likeness (QED) is 0.898. The predicted octanol–water partition coefficient (Wildman–Crippen LogP) is 1.55. The van der Waals surface area contributed by atoms with Crippen LogP contribution < -0.4 is 5.32 Å². The molecule has 1 fully saturated rings. The molecular weight excluding hydrogens is 280 g/mol. The van der Waals surface area contributed by atoms with E-state index in [4.69, 9.17) is 0 Å². The first-order valence-electron chi connectivity index (χ1n) is 7.67. The van der Waals surface area contributed by atoms with Crippen LogP contribution in [0.3, 0.4) is 0 Å². The van der Waals surface area contributed by atoms with Gasteiger partial charge in [-0.05, 0) is 31.0 Å². The summed E-state index contributed by atoms with van der Waals surface area (Å²) in [6, 6.07) is 7.13. The Morgan fingerprint density at radius 1 is 1.32 bits per heavy atom. The van der Waals surface area contributed by atoms with Gasteiger partial charge in [-0.2, -0.15) is 5.10 Å². The van der Waals surface area contributed by atoms with Gasteiger partial charge in [-0.25, -0.2) is 9.67 Å². The highest BCUT2D eigenvalue weighted by Crippen LogP contribution is 2.24. The van der Waals surface area contributed by atoms with Crippen molar-refractivity contribution in [1.82, 2.24) is 20.1 Å². The maximum Gasteiger partial charge on any atom is 0.270 e. The van der Waals surface area contributed by atoms with Crippen molar-refractivity contribution in [2.75, 3.05) is 6.61 Å². The second-order valence-electron chi connectivity index (χ2n) is 5.64. The zero-order valence-electron chi connectivity index (χ0n) is 12.4. The van der Waals surface area contributed by atoms with Crippen LogP contribution in [0.1, 0.15) is 36.2 Å². The van der Waals surface area contributed by atoms with Crippen LogP contribution >= 0.6 is 0 Å². The molecule has 6 nitrogen and oxygen atoms in total. The van der Waals surface area contributed by atoms with Crippen LogP contribution in [-0.2, 0) is 0 Å². The predicted molar refractivity (Wildman–Crippen MR) is 81.7 cm³/mol. The number of carbonyl (C=O) groups excluding carboxylic acids is 1. The summed E-state index contributed by atoms with van der Waals surface area (Å²) >= 11 is 0. The van der Waals surface area contributed by atoms with Gasteiger partial charge >= 0.3 is 0 Å². The average molecular weight is 300 g/mol. The third-order valence-corrected chi connectivity index (χ3v) is 4.17. The fourth-order valence-electron chi connectivity index (χ4n) is 2.94. The molecule has 0 radical (unpaired) electrons. The average Bonchev–Trinajstić information content (AvgIpc) is 3.10. The van der Waals surface area contributed by atoms with Crippen molar-refractivity contribution >= 4 is 5.91 Å². The number of hydrogen-bond acceptors (Lipinski definition) is 4. The molecule has 2 heterocycles. The van der Waals surface area contributed by atoms with Gasteiger partial charge in [-0.15, -0.1) is 0 Å². The van der Waals surface area contributed by atoms with E-state index in [9.17, 15) is 9.90 Å².